The van der Waals surface area contributed by atoms with Crippen molar-refractivity contribution in [2.45, 2.75) is 45.1 Å². The minimum absolute atomic E-state index is 0.756. The van der Waals surface area contributed by atoms with E-state index < -0.39 is 0 Å². The molecule has 0 radical (unpaired) electrons. The molecule has 0 unspecified atom stereocenters. The zero-order valence-corrected chi connectivity index (χ0v) is 12.2. The summed E-state index contributed by atoms with van der Waals surface area (Å²) in [6.07, 6.45) is 7.98. The number of benzene rings is 1. The van der Waals surface area contributed by atoms with Crippen LogP contribution in [0.3, 0.4) is 0 Å². The summed E-state index contributed by atoms with van der Waals surface area (Å²) >= 11 is 0. The van der Waals surface area contributed by atoms with Crippen LogP contribution in [0.1, 0.15) is 44.1 Å². The summed E-state index contributed by atoms with van der Waals surface area (Å²) in [5, 5.41) is 3.61. The first-order valence-electron chi connectivity index (χ1n) is 8.02. The first-order valence-corrected chi connectivity index (χ1v) is 8.02. The molecule has 3 heteroatoms. The zero-order valence-electron chi connectivity index (χ0n) is 12.2. The van der Waals surface area contributed by atoms with Gasteiger partial charge in [0, 0.05) is 18.5 Å². The van der Waals surface area contributed by atoms with Crippen molar-refractivity contribution in [3.63, 3.8) is 0 Å². The maximum Gasteiger partial charge on any atom is 0.165 e. The van der Waals surface area contributed by atoms with Crippen LogP contribution in [-0.4, -0.2) is 19.8 Å². The van der Waals surface area contributed by atoms with Gasteiger partial charge in [-0.3, -0.25) is 0 Å². The SMILES string of the molecule is c1cc(CNCC2CCCCC2)c2c(c1)OCCCO2. The Balaban J connectivity index is 1.57. The lowest BCUT2D eigenvalue weighted by Crippen LogP contribution is -2.24. The fourth-order valence-corrected chi connectivity index (χ4v) is 3.20. The van der Waals surface area contributed by atoms with Crippen molar-refractivity contribution in [3.05, 3.63) is 23.8 Å². The lowest BCUT2D eigenvalue weighted by atomic mass is 9.89. The van der Waals surface area contributed by atoms with E-state index >= 15 is 0 Å². The van der Waals surface area contributed by atoms with Gasteiger partial charge >= 0.3 is 0 Å². The third kappa shape index (κ3) is 3.45. The second-order valence-electron chi connectivity index (χ2n) is 5.93. The van der Waals surface area contributed by atoms with Gasteiger partial charge in [0.05, 0.1) is 13.2 Å². The Morgan fingerprint density at radius 3 is 2.75 bits per heavy atom. The number of para-hydroxylation sites is 1. The van der Waals surface area contributed by atoms with Crippen LogP contribution in [0.25, 0.3) is 0 Å². The Bertz CT molecular complexity index is 427. The van der Waals surface area contributed by atoms with E-state index in [1.54, 1.807) is 0 Å². The van der Waals surface area contributed by atoms with Crippen molar-refractivity contribution in [1.82, 2.24) is 5.32 Å². The first kappa shape index (κ1) is 13.7. The lowest BCUT2D eigenvalue weighted by Gasteiger charge is -2.22. The fourth-order valence-electron chi connectivity index (χ4n) is 3.20. The Hall–Kier alpha value is -1.22. The quantitative estimate of drug-likeness (QED) is 0.912. The molecule has 3 rings (SSSR count). The molecule has 1 saturated carbocycles. The number of fused-ring (bicyclic) bond motifs is 1. The van der Waals surface area contributed by atoms with E-state index in [9.17, 15) is 0 Å². The van der Waals surface area contributed by atoms with Crippen molar-refractivity contribution in [1.29, 1.82) is 0 Å². The normalized spacial score (nSPS) is 19.6. The fraction of sp³-hybridized carbons (Fsp3) is 0.647. The molecule has 3 nitrogen and oxygen atoms in total. The maximum atomic E-state index is 5.86. The predicted octanol–water partition coefficient (Wildman–Crippen LogP) is 3.52. The van der Waals surface area contributed by atoms with Crippen molar-refractivity contribution in [3.8, 4) is 11.5 Å². The Kier molecular flexibility index (Phi) is 4.80. The molecule has 1 aromatic rings. The van der Waals surface area contributed by atoms with Crippen molar-refractivity contribution in [2.24, 2.45) is 5.92 Å². The summed E-state index contributed by atoms with van der Waals surface area (Å²) in [6.45, 7) is 3.52. The van der Waals surface area contributed by atoms with Gasteiger partial charge < -0.3 is 14.8 Å². The molecule has 1 heterocycles. The molecule has 0 aromatic heterocycles. The molecule has 1 fully saturated rings. The maximum absolute atomic E-state index is 5.86. The molecular weight excluding hydrogens is 250 g/mol. The summed E-state index contributed by atoms with van der Waals surface area (Å²) in [5.74, 6) is 2.71. The summed E-state index contributed by atoms with van der Waals surface area (Å²) in [4.78, 5) is 0. The highest BCUT2D eigenvalue weighted by molar-refractivity contribution is 5.47. The van der Waals surface area contributed by atoms with Crippen molar-refractivity contribution >= 4 is 0 Å². The van der Waals surface area contributed by atoms with Crippen LogP contribution in [-0.2, 0) is 6.54 Å². The standard InChI is InChI=1S/C17H25NO2/c1-2-6-14(7-3-1)12-18-13-15-8-4-9-16-17(15)20-11-5-10-19-16/h4,8-9,14,18H,1-3,5-7,10-13H2. The zero-order chi connectivity index (χ0) is 13.6. The third-order valence-corrected chi connectivity index (χ3v) is 4.33. The number of hydrogen-bond acceptors (Lipinski definition) is 3. The van der Waals surface area contributed by atoms with Gasteiger partial charge in [0.25, 0.3) is 0 Å². The van der Waals surface area contributed by atoms with Crippen LogP contribution in [0.2, 0.25) is 0 Å². The minimum Gasteiger partial charge on any atom is -0.490 e. The molecule has 1 aromatic carbocycles. The molecule has 1 N–H and O–H groups in total. The molecule has 1 aliphatic carbocycles. The average molecular weight is 275 g/mol. The minimum atomic E-state index is 0.756. The van der Waals surface area contributed by atoms with E-state index in [0.717, 1.165) is 50.1 Å². The van der Waals surface area contributed by atoms with E-state index in [2.05, 4.69) is 17.4 Å². The van der Waals surface area contributed by atoms with E-state index in [-0.39, 0.29) is 0 Å². The molecule has 0 bridgehead atoms. The highest BCUT2D eigenvalue weighted by atomic mass is 16.5. The van der Waals surface area contributed by atoms with Gasteiger partial charge in [-0.2, -0.15) is 0 Å². The summed E-state index contributed by atoms with van der Waals surface area (Å²) in [5.41, 5.74) is 1.22. The molecule has 20 heavy (non-hydrogen) atoms. The van der Waals surface area contributed by atoms with E-state index in [1.807, 2.05) is 6.07 Å². The Morgan fingerprint density at radius 2 is 1.85 bits per heavy atom. The molecule has 2 aliphatic rings. The van der Waals surface area contributed by atoms with Crippen LogP contribution < -0.4 is 14.8 Å². The molecule has 1 aliphatic heterocycles. The lowest BCUT2D eigenvalue weighted by molar-refractivity contribution is 0.295. The largest absolute Gasteiger partial charge is 0.490 e. The average Bonchev–Trinajstić information content (AvgIpc) is 2.74. The number of nitrogens with one attached hydrogen (secondary N) is 1. The van der Waals surface area contributed by atoms with Gasteiger partial charge in [-0.25, -0.2) is 0 Å². The number of rotatable bonds is 4. The third-order valence-electron chi connectivity index (χ3n) is 4.33. The van der Waals surface area contributed by atoms with Gasteiger partial charge in [0.2, 0.25) is 0 Å². The Morgan fingerprint density at radius 1 is 1.00 bits per heavy atom. The van der Waals surface area contributed by atoms with Gasteiger partial charge in [0.1, 0.15) is 0 Å². The van der Waals surface area contributed by atoms with E-state index in [4.69, 9.17) is 9.47 Å². The van der Waals surface area contributed by atoms with Gasteiger partial charge in [-0.1, -0.05) is 31.4 Å². The van der Waals surface area contributed by atoms with Crippen LogP contribution in [0, 0.1) is 5.92 Å². The second-order valence-corrected chi connectivity index (χ2v) is 5.93. The number of ether oxygens (including phenoxy) is 2. The summed E-state index contributed by atoms with van der Waals surface area (Å²) < 4.78 is 11.6. The van der Waals surface area contributed by atoms with Crippen LogP contribution in [0.15, 0.2) is 18.2 Å². The summed E-state index contributed by atoms with van der Waals surface area (Å²) in [6, 6.07) is 6.21. The Labute approximate surface area is 121 Å². The van der Waals surface area contributed by atoms with Gasteiger partial charge in [-0.05, 0) is 31.4 Å². The topological polar surface area (TPSA) is 30.5 Å². The van der Waals surface area contributed by atoms with Crippen LogP contribution in [0.5, 0.6) is 11.5 Å². The molecule has 0 amide bonds. The van der Waals surface area contributed by atoms with Crippen molar-refractivity contribution < 1.29 is 9.47 Å². The predicted molar refractivity (Wildman–Crippen MR) is 80.3 cm³/mol. The molecule has 0 spiro atoms. The monoisotopic (exact) mass is 275 g/mol. The highest BCUT2D eigenvalue weighted by Crippen LogP contribution is 2.33. The van der Waals surface area contributed by atoms with E-state index in [1.165, 1.54) is 37.7 Å². The molecular formula is C17H25NO2. The molecule has 110 valence electrons. The first-order chi connectivity index (χ1) is 9.93. The van der Waals surface area contributed by atoms with Crippen LogP contribution in [0.4, 0.5) is 0 Å². The van der Waals surface area contributed by atoms with E-state index in [0.29, 0.717) is 0 Å². The molecule has 0 atom stereocenters. The summed E-state index contributed by atoms with van der Waals surface area (Å²) in [7, 11) is 0. The highest BCUT2D eigenvalue weighted by Gasteiger charge is 2.16. The van der Waals surface area contributed by atoms with Gasteiger partial charge in [-0.15, -0.1) is 0 Å². The number of hydrogen-bond donors (Lipinski definition) is 1. The smallest absolute Gasteiger partial charge is 0.165 e. The van der Waals surface area contributed by atoms with Gasteiger partial charge in [0.15, 0.2) is 11.5 Å². The van der Waals surface area contributed by atoms with Crippen molar-refractivity contribution in [2.75, 3.05) is 19.8 Å². The van der Waals surface area contributed by atoms with Crippen LogP contribution >= 0.6 is 0 Å². The molecule has 0 saturated heterocycles. The second kappa shape index (κ2) is 6.98.